The van der Waals surface area contributed by atoms with Gasteiger partial charge in [-0.2, -0.15) is 0 Å². The molecule has 1 aliphatic carbocycles. The predicted molar refractivity (Wildman–Crippen MR) is 181 cm³/mol. The van der Waals surface area contributed by atoms with Gasteiger partial charge in [0, 0.05) is 17.5 Å². The molecular formula is C39H40N2O4. The fourth-order valence-electron chi connectivity index (χ4n) is 6.55. The van der Waals surface area contributed by atoms with E-state index in [-0.39, 0.29) is 34.7 Å². The largest absolute Gasteiger partial charge is 0.507 e. The number of carbonyl (C=O) groups is 3. The van der Waals surface area contributed by atoms with Crippen LogP contribution < -0.4 is 10.6 Å². The summed E-state index contributed by atoms with van der Waals surface area (Å²) in [7, 11) is 0. The van der Waals surface area contributed by atoms with Crippen molar-refractivity contribution in [2.45, 2.75) is 71.3 Å². The highest BCUT2D eigenvalue weighted by atomic mass is 16.3. The number of carbonyl (C=O) groups excluding carboxylic acids is 3. The molecule has 6 rings (SSSR count). The van der Waals surface area contributed by atoms with Gasteiger partial charge in [-0.05, 0) is 56.3 Å². The van der Waals surface area contributed by atoms with Crippen LogP contribution in [0.5, 0.6) is 5.75 Å². The van der Waals surface area contributed by atoms with E-state index in [4.69, 9.17) is 0 Å². The van der Waals surface area contributed by atoms with Crippen LogP contribution in [0.4, 0.5) is 11.4 Å². The summed E-state index contributed by atoms with van der Waals surface area (Å²) >= 11 is 0. The van der Waals surface area contributed by atoms with Crippen molar-refractivity contribution in [2.75, 3.05) is 10.6 Å². The summed E-state index contributed by atoms with van der Waals surface area (Å²) in [5, 5.41) is 19.3. The minimum atomic E-state index is -0.887. The highest BCUT2D eigenvalue weighted by Gasteiger charge is 2.44. The number of para-hydroxylation sites is 1. The Morgan fingerprint density at radius 1 is 0.867 bits per heavy atom. The van der Waals surface area contributed by atoms with Gasteiger partial charge in [-0.15, -0.1) is 0 Å². The van der Waals surface area contributed by atoms with E-state index >= 15 is 0 Å². The van der Waals surface area contributed by atoms with Gasteiger partial charge in [0.2, 0.25) is 5.91 Å². The van der Waals surface area contributed by atoms with E-state index in [2.05, 4.69) is 52.2 Å². The molecule has 0 aromatic heterocycles. The van der Waals surface area contributed by atoms with Crippen LogP contribution in [0, 0.1) is 5.92 Å². The molecule has 45 heavy (non-hydrogen) atoms. The predicted octanol–water partition coefficient (Wildman–Crippen LogP) is 8.21. The lowest BCUT2D eigenvalue weighted by molar-refractivity contribution is -0.116. The third kappa shape index (κ3) is 5.54. The number of ketones is 2. The summed E-state index contributed by atoms with van der Waals surface area (Å²) in [4.78, 5) is 40.6. The van der Waals surface area contributed by atoms with E-state index in [1.165, 1.54) is 0 Å². The van der Waals surface area contributed by atoms with Gasteiger partial charge in [0.25, 0.3) is 0 Å². The molecule has 0 radical (unpaired) electrons. The van der Waals surface area contributed by atoms with Crippen molar-refractivity contribution in [3.05, 3.63) is 106 Å². The van der Waals surface area contributed by atoms with E-state index in [1.54, 1.807) is 6.07 Å². The van der Waals surface area contributed by atoms with Crippen LogP contribution in [0.15, 0.2) is 72.8 Å². The number of aromatic hydroxyl groups is 1. The molecule has 1 amide bonds. The Hall–Kier alpha value is -4.71. The number of Topliss-reactive ketones (excluding diaryl/α,β-unsaturated/α-hetero) is 2. The Morgan fingerprint density at radius 2 is 1.56 bits per heavy atom. The molecule has 0 saturated carbocycles. The first-order chi connectivity index (χ1) is 21.2. The molecule has 0 spiro atoms. The van der Waals surface area contributed by atoms with Crippen LogP contribution in [-0.4, -0.2) is 28.6 Å². The van der Waals surface area contributed by atoms with Gasteiger partial charge >= 0.3 is 0 Å². The Balaban J connectivity index is 1.21. The average Bonchev–Trinajstić information content (AvgIpc) is 3.24. The summed E-state index contributed by atoms with van der Waals surface area (Å²) < 4.78 is 0. The zero-order valence-electron chi connectivity index (χ0n) is 26.7. The molecule has 1 aliphatic heterocycles. The number of amides is 1. The lowest BCUT2D eigenvalue weighted by Crippen LogP contribution is -2.36. The number of phenolic OH excluding ortho intramolecular Hbond substituents is 1. The molecule has 6 heteroatoms. The number of benzene rings is 4. The summed E-state index contributed by atoms with van der Waals surface area (Å²) in [5.74, 6) is -1.08. The van der Waals surface area contributed by atoms with Crippen LogP contribution in [0.1, 0.15) is 90.9 Å². The number of aryl methyl sites for hydroxylation is 1. The quantitative estimate of drug-likeness (QED) is 0.201. The normalized spacial score (nSPS) is 17.6. The van der Waals surface area contributed by atoms with Gasteiger partial charge in [-0.25, -0.2) is 0 Å². The molecule has 230 valence electrons. The second kappa shape index (κ2) is 11.0. The van der Waals surface area contributed by atoms with Crippen LogP contribution in [0.2, 0.25) is 0 Å². The summed E-state index contributed by atoms with van der Waals surface area (Å²) in [6, 6.07) is 20.4. The van der Waals surface area contributed by atoms with Crippen LogP contribution >= 0.6 is 0 Å². The van der Waals surface area contributed by atoms with Crippen LogP contribution in [-0.2, 0) is 22.0 Å². The number of fused-ring (bicyclic) bond motifs is 4. The van der Waals surface area contributed by atoms with Crippen molar-refractivity contribution in [3.8, 4) is 5.75 Å². The number of hydrogen-bond acceptors (Lipinski definition) is 5. The van der Waals surface area contributed by atoms with Crippen molar-refractivity contribution in [1.82, 2.24) is 0 Å². The molecule has 0 bridgehead atoms. The summed E-state index contributed by atoms with van der Waals surface area (Å²) in [5.41, 5.74) is 5.35. The third-order valence-corrected chi connectivity index (χ3v) is 8.96. The van der Waals surface area contributed by atoms with Crippen molar-refractivity contribution in [2.24, 2.45) is 5.92 Å². The minimum Gasteiger partial charge on any atom is -0.507 e. The lowest BCUT2D eigenvalue weighted by atomic mass is 9.78. The molecule has 0 saturated heterocycles. The number of nitrogens with one attached hydrogen (secondary N) is 2. The number of hydrogen-bond donors (Lipinski definition) is 3. The molecule has 1 heterocycles. The van der Waals surface area contributed by atoms with Gasteiger partial charge < -0.3 is 15.7 Å². The monoisotopic (exact) mass is 600 g/mol. The van der Waals surface area contributed by atoms with Gasteiger partial charge in [0.15, 0.2) is 11.6 Å². The summed E-state index contributed by atoms with van der Waals surface area (Å²) in [6.45, 7) is 12.5. The maximum absolute atomic E-state index is 13.7. The maximum atomic E-state index is 13.7. The number of anilines is 2. The first kappa shape index (κ1) is 30.3. The molecule has 4 aromatic rings. The Morgan fingerprint density at radius 3 is 2.24 bits per heavy atom. The van der Waals surface area contributed by atoms with E-state index in [0.717, 1.165) is 33.0 Å². The zero-order valence-corrected chi connectivity index (χ0v) is 26.7. The summed E-state index contributed by atoms with van der Waals surface area (Å²) in [6.07, 6.45) is 4.54. The molecule has 2 aliphatic rings. The molecular weight excluding hydrogens is 560 g/mol. The van der Waals surface area contributed by atoms with Gasteiger partial charge in [-0.1, -0.05) is 114 Å². The highest BCUT2D eigenvalue weighted by molar-refractivity contribution is 6.31. The van der Waals surface area contributed by atoms with Crippen LogP contribution in [0.25, 0.3) is 16.8 Å². The van der Waals surface area contributed by atoms with Crippen molar-refractivity contribution in [3.63, 3.8) is 0 Å². The first-order valence-electron chi connectivity index (χ1n) is 15.6. The van der Waals surface area contributed by atoms with Crippen molar-refractivity contribution in [1.29, 1.82) is 0 Å². The van der Waals surface area contributed by atoms with Crippen molar-refractivity contribution < 1.29 is 19.5 Å². The molecule has 0 fully saturated rings. The lowest BCUT2D eigenvalue weighted by Gasteiger charge is -2.28. The smallest absolute Gasteiger partial charge is 0.224 e. The molecule has 6 nitrogen and oxygen atoms in total. The zero-order chi connectivity index (χ0) is 32.3. The number of rotatable bonds is 5. The van der Waals surface area contributed by atoms with E-state index < -0.39 is 12.0 Å². The van der Waals surface area contributed by atoms with Gasteiger partial charge in [0.05, 0.1) is 17.4 Å². The SMILES string of the molecule is CC(C)(C)c1cc(CCC(=O)Nc2cccc3c2NC(C2C(=O)c4ccc5ccccc5c4C2=O)C=C3)cc(C(C)(C)C)c1O. The number of phenols is 1. The molecule has 2 atom stereocenters. The fourth-order valence-corrected chi connectivity index (χ4v) is 6.55. The highest BCUT2D eigenvalue weighted by Crippen LogP contribution is 2.41. The Kier molecular flexibility index (Phi) is 7.43. The standard InChI is InChI=1S/C39H40N2O4/c1-38(2,3)27-20-22(21-28(36(27)44)39(4,5)6)14-19-31(42)40-30-13-9-11-24-16-18-29(41-34(24)30)33-35(43)26-17-15-23-10-7-8-12-25(23)32(26)37(33)45/h7-13,15-18,20-21,29,33,41,44H,14,19H2,1-6H3,(H,40,42). The van der Waals surface area contributed by atoms with Crippen molar-refractivity contribution >= 4 is 45.7 Å². The first-order valence-corrected chi connectivity index (χ1v) is 15.6. The van der Waals surface area contributed by atoms with E-state index in [1.807, 2.05) is 72.8 Å². The molecule has 3 N–H and O–H groups in total. The molecule has 4 aromatic carbocycles. The van der Waals surface area contributed by atoms with Crippen LogP contribution in [0.3, 0.4) is 0 Å². The third-order valence-electron chi connectivity index (χ3n) is 8.96. The maximum Gasteiger partial charge on any atom is 0.224 e. The van der Waals surface area contributed by atoms with E-state index in [0.29, 0.717) is 34.7 Å². The topological polar surface area (TPSA) is 95.5 Å². The Bertz CT molecular complexity index is 1870. The minimum absolute atomic E-state index is 0.147. The fraction of sp³-hybridized carbons (Fsp3) is 0.308. The van der Waals surface area contributed by atoms with Gasteiger partial charge in [-0.3, -0.25) is 14.4 Å². The second-order valence-corrected chi connectivity index (χ2v) is 14.3. The van der Waals surface area contributed by atoms with E-state index in [9.17, 15) is 19.5 Å². The average molecular weight is 601 g/mol. The molecule has 2 unspecified atom stereocenters. The second-order valence-electron chi connectivity index (χ2n) is 14.3. The van der Waals surface area contributed by atoms with Gasteiger partial charge in [0.1, 0.15) is 11.7 Å². The Labute approximate surface area is 264 Å².